The van der Waals surface area contributed by atoms with Crippen molar-refractivity contribution in [3.05, 3.63) is 12.2 Å². The van der Waals surface area contributed by atoms with E-state index in [0.717, 1.165) is 14.0 Å². The normalized spacial score (nSPS) is 36.6. The number of hydrogen-bond donors (Lipinski definition) is 0. The Morgan fingerprint density at radius 2 is 1.38 bits per heavy atom. The standard InChI is InChI=1S/C11H12F8.C5H5F3O2/c1-3-6-4-5(2)7(12)8(6,13)10(16,17)11(18,19)9(7,14)15;1-3(4(9)10-2)5(6,7)8/h5-6H,3-4H2,1-2H3;1H2,2H3. The number of carbonyl (C=O) groups excluding carboxylic acids is 1. The summed E-state index contributed by atoms with van der Waals surface area (Å²) in [6, 6.07) is 0. The van der Waals surface area contributed by atoms with Gasteiger partial charge in [0.15, 0.2) is 0 Å². The molecule has 13 heteroatoms. The highest BCUT2D eigenvalue weighted by Gasteiger charge is 3.01. The van der Waals surface area contributed by atoms with Gasteiger partial charge in [0.25, 0.3) is 0 Å². The van der Waals surface area contributed by atoms with Gasteiger partial charge in [-0.15, -0.1) is 0 Å². The minimum atomic E-state index is -6.05. The van der Waals surface area contributed by atoms with E-state index < -0.39 is 71.5 Å². The van der Waals surface area contributed by atoms with Gasteiger partial charge in [0.2, 0.25) is 11.3 Å². The lowest BCUT2D eigenvalue weighted by atomic mass is 9.81. The molecule has 2 rings (SSSR count). The number of halogens is 11. The first kappa shape index (κ1) is 25.5. The second-order valence-electron chi connectivity index (χ2n) is 6.86. The molecule has 4 atom stereocenters. The summed E-state index contributed by atoms with van der Waals surface area (Å²) in [6.45, 7) is 4.43. The number of esters is 1. The average Bonchev–Trinajstić information content (AvgIpc) is 2.85. The summed E-state index contributed by atoms with van der Waals surface area (Å²) in [5.41, 5.74) is -10.6. The molecule has 2 aliphatic rings. The fraction of sp³-hybridized carbons (Fsp3) is 0.812. The molecule has 0 aliphatic heterocycles. The lowest BCUT2D eigenvalue weighted by molar-refractivity contribution is -0.299. The molecule has 0 aromatic carbocycles. The molecular weight excluding hydrogens is 433 g/mol. The maximum Gasteiger partial charge on any atom is 0.422 e. The van der Waals surface area contributed by atoms with Crippen molar-refractivity contribution in [2.45, 2.75) is 62.0 Å². The number of hydrogen-bond acceptors (Lipinski definition) is 2. The SMILES string of the molecule is C=C(C(=O)OC)C(F)(F)F.CCC1CC(C)C2(F)C(F)(F)C(F)(F)C(F)(F)C12F. The van der Waals surface area contributed by atoms with E-state index in [1.165, 1.54) is 6.92 Å². The van der Waals surface area contributed by atoms with Crippen molar-refractivity contribution in [1.82, 2.24) is 0 Å². The van der Waals surface area contributed by atoms with Crippen LogP contribution in [-0.2, 0) is 9.53 Å². The number of rotatable bonds is 2. The van der Waals surface area contributed by atoms with Gasteiger partial charge >= 0.3 is 29.9 Å². The van der Waals surface area contributed by atoms with Gasteiger partial charge in [0.1, 0.15) is 5.57 Å². The van der Waals surface area contributed by atoms with Gasteiger partial charge in [-0.1, -0.05) is 20.4 Å². The topological polar surface area (TPSA) is 26.3 Å². The highest BCUT2D eigenvalue weighted by atomic mass is 19.4. The van der Waals surface area contributed by atoms with Gasteiger partial charge in [0.05, 0.1) is 7.11 Å². The molecule has 170 valence electrons. The van der Waals surface area contributed by atoms with Crippen LogP contribution in [0.25, 0.3) is 0 Å². The Morgan fingerprint density at radius 3 is 1.69 bits per heavy atom. The summed E-state index contributed by atoms with van der Waals surface area (Å²) in [4.78, 5) is 10.1. The second-order valence-corrected chi connectivity index (χ2v) is 6.86. The van der Waals surface area contributed by atoms with E-state index in [4.69, 9.17) is 0 Å². The van der Waals surface area contributed by atoms with E-state index >= 15 is 0 Å². The lowest BCUT2D eigenvalue weighted by Gasteiger charge is -2.35. The van der Waals surface area contributed by atoms with E-state index in [-0.39, 0.29) is 0 Å². The van der Waals surface area contributed by atoms with Crippen LogP contribution < -0.4 is 0 Å². The molecule has 4 unspecified atom stereocenters. The van der Waals surface area contributed by atoms with Crippen LogP contribution in [0.2, 0.25) is 0 Å². The smallest absolute Gasteiger partial charge is 0.422 e. The molecule has 0 heterocycles. The monoisotopic (exact) mass is 450 g/mol. The molecule has 0 aromatic rings. The van der Waals surface area contributed by atoms with Crippen molar-refractivity contribution in [3.8, 4) is 0 Å². The molecule has 2 aliphatic carbocycles. The lowest BCUT2D eigenvalue weighted by Crippen LogP contribution is -2.58. The number of ether oxygens (including phenoxy) is 1. The fourth-order valence-electron chi connectivity index (χ4n) is 3.77. The predicted octanol–water partition coefficient (Wildman–Crippen LogP) is 5.67. The predicted molar refractivity (Wildman–Crippen MR) is 77.3 cm³/mol. The van der Waals surface area contributed by atoms with Crippen LogP contribution >= 0.6 is 0 Å². The van der Waals surface area contributed by atoms with Crippen LogP contribution in [0.3, 0.4) is 0 Å². The van der Waals surface area contributed by atoms with Crippen molar-refractivity contribution in [2.24, 2.45) is 11.8 Å². The molecule has 0 bridgehead atoms. The van der Waals surface area contributed by atoms with Crippen LogP contribution in [-0.4, -0.2) is 48.4 Å². The molecule has 2 nitrogen and oxygen atoms in total. The Kier molecular flexibility index (Phi) is 6.15. The Balaban J connectivity index is 0.000000359. The number of carbonyl (C=O) groups is 1. The van der Waals surface area contributed by atoms with E-state index in [2.05, 4.69) is 11.3 Å². The summed E-state index contributed by atoms with van der Waals surface area (Å²) < 4.78 is 148. The summed E-state index contributed by atoms with van der Waals surface area (Å²) >= 11 is 0. The maximum absolute atomic E-state index is 14.5. The molecule has 29 heavy (non-hydrogen) atoms. The third-order valence-corrected chi connectivity index (χ3v) is 5.38. The molecule has 2 saturated carbocycles. The van der Waals surface area contributed by atoms with Gasteiger partial charge in [-0.2, -0.15) is 39.5 Å². The Morgan fingerprint density at radius 1 is 0.966 bits per heavy atom. The van der Waals surface area contributed by atoms with Gasteiger partial charge in [-0.05, 0) is 12.8 Å². The molecule has 0 radical (unpaired) electrons. The highest BCUT2D eigenvalue weighted by molar-refractivity contribution is 5.88. The molecule has 0 aromatic heterocycles. The minimum Gasteiger partial charge on any atom is -0.465 e. The van der Waals surface area contributed by atoms with Gasteiger partial charge in [-0.25, -0.2) is 13.6 Å². The van der Waals surface area contributed by atoms with Gasteiger partial charge < -0.3 is 4.74 Å². The third-order valence-electron chi connectivity index (χ3n) is 5.38. The Bertz CT molecular complexity index is 672. The fourth-order valence-corrected chi connectivity index (χ4v) is 3.77. The Hall–Kier alpha value is -1.56. The molecule has 0 amide bonds. The zero-order valence-corrected chi connectivity index (χ0v) is 15.3. The van der Waals surface area contributed by atoms with Crippen LogP contribution in [0.4, 0.5) is 48.3 Å². The van der Waals surface area contributed by atoms with Crippen molar-refractivity contribution < 1.29 is 57.8 Å². The van der Waals surface area contributed by atoms with Gasteiger partial charge in [0, 0.05) is 11.8 Å². The third kappa shape index (κ3) is 2.93. The van der Waals surface area contributed by atoms with Gasteiger partial charge in [-0.3, -0.25) is 0 Å². The van der Waals surface area contributed by atoms with E-state index in [0.29, 0.717) is 0 Å². The van der Waals surface area contributed by atoms with Crippen LogP contribution in [0.15, 0.2) is 12.2 Å². The summed E-state index contributed by atoms with van der Waals surface area (Å²) in [7, 11) is 0.860. The Labute approximate surface area is 158 Å². The summed E-state index contributed by atoms with van der Waals surface area (Å²) in [6.07, 6.45) is -5.73. The zero-order chi connectivity index (χ0) is 23.4. The first-order valence-corrected chi connectivity index (χ1v) is 8.09. The molecule has 0 N–H and O–H groups in total. The average molecular weight is 450 g/mol. The number of alkyl halides is 11. The number of methoxy groups -OCH3 is 1. The summed E-state index contributed by atoms with van der Waals surface area (Å²) in [5, 5.41) is 0. The van der Waals surface area contributed by atoms with Crippen LogP contribution in [0, 0.1) is 11.8 Å². The largest absolute Gasteiger partial charge is 0.465 e. The second kappa shape index (κ2) is 7.00. The number of fused-ring (bicyclic) bond motifs is 1. The van der Waals surface area contributed by atoms with Crippen LogP contribution in [0.5, 0.6) is 0 Å². The minimum absolute atomic E-state index is 0.422. The summed E-state index contributed by atoms with van der Waals surface area (Å²) in [5.74, 6) is -22.8. The maximum atomic E-state index is 14.5. The van der Waals surface area contributed by atoms with Crippen LogP contribution in [0.1, 0.15) is 26.7 Å². The first-order valence-electron chi connectivity index (χ1n) is 8.09. The molecule has 2 fully saturated rings. The van der Waals surface area contributed by atoms with Crippen molar-refractivity contribution in [3.63, 3.8) is 0 Å². The first-order chi connectivity index (χ1) is 12.7. The molecule has 0 saturated heterocycles. The van der Waals surface area contributed by atoms with Crippen molar-refractivity contribution in [1.29, 1.82) is 0 Å². The highest BCUT2D eigenvalue weighted by Crippen LogP contribution is 2.76. The van der Waals surface area contributed by atoms with Crippen molar-refractivity contribution in [2.75, 3.05) is 7.11 Å². The van der Waals surface area contributed by atoms with E-state index in [1.54, 1.807) is 0 Å². The van der Waals surface area contributed by atoms with Crippen molar-refractivity contribution >= 4 is 5.97 Å². The quantitative estimate of drug-likeness (QED) is 0.308. The molecule has 0 spiro atoms. The zero-order valence-electron chi connectivity index (χ0n) is 15.3. The molecular formula is C16H17F11O2. The van der Waals surface area contributed by atoms with E-state index in [9.17, 15) is 53.1 Å². The van der Waals surface area contributed by atoms with E-state index in [1.807, 2.05) is 0 Å².